The number of alkyl halides is 3. The van der Waals surface area contributed by atoms with Gasteiger partial charge in [-0.15, -0.1) is 0 Å². The van der Waals surface area contributed by atoms with E-state index in [0.29, 0.717) is 16.5 Å². The van der Waals surface area contributed by atoms with Gasteiger partial charge in [0.25, 0.3) is 0 Å². The maximum absolute atomic E-state index is 15.0. The summed E-state index contributed by atoms with van der Waals surface area (Å²) in [5.41, 5.74) is 7.24. The molecule has 282 valence electrons. The lowest BCUT2D eigenvalue weighted by molar-refractivity contribution is -0.267. The maximum Gasteiger partial charge on any atom is 0.468 e. The van der Waals surface area contributed by atoms with Crippen molar-refractivity contribution < 1.29 is 32.9 Å². The van der Waals surface area contributed by atoms with E-state index in [1.54, 1.807) is 30.3 Å². The molecule has 0 aromatic heterocycles. The summed E-state index contributed by atoms with van der Waals surface area (Å²) in [6.45, 7) is 0. The highest BCUT2D eigenvalue weighted by molar-refractivity contribution is 5.85. The first-order valence-corrected chi connectivity index (χ1v) is 18.1. The van der Waals surface area contributed by atoms with Gasteiger partial charge in [-0.05, 0) is 143 Å². The van der Waals surface area contributed by atoms with Crippen LogP contribution in [0.1, 0.15) is 0 Å². The number of hydrogen-bond acceptors (Lipinski definition) is 6. The molecule has 0 fully saturated rings. The molecule has 8 rings (SSSR count). The Kier molecular flexibility index (Phi) is 10.1. The van der Waals surface area contributed by atoms with Gasteiger partial charge in [0.05, 0.1) is 0 Å². The summed E-state index contributed by atoms with van der Waals surface area (Å²) in [7, 11) is 0. The Morgan fingerprint density at radius 3 is 1.33 bits per heavy atom. The van der Waals surface area contributed by atoms with Crippen molar-refractivity contribution in [3.63, 3.8) is 0 Å². The molecular weight excluding hydrogens is 726 g/mol. The summed E-state index contributed by atoms with van der Waals surface area (Å²) in [6.07, 6.45) is -7.42. The number of phenols is 2. The first-order chi connectivity index (χ1) is 27.7. The van der Waals surface area contributed by atoms with Gasteiger partial charge in [-0.25, -0.2) is 0 Å². The number of benzene rings is 8. The zero-order chi connectivity index (χ0) is 39.4. The highest BCUT2D eigenvalue weighted by Crippen LogP contribution is 2.39. The van der Waals surface area contributed by atoms with Crippen molar-refractivity contribution in [2.75, 3.05) is 9.80 Å². The first-order valence-electron chi connectivity index (χ1n) is 18.1. The Balaban J connectivity index is 0.997. The normalized spacial score (nSPS) is 11.8. The second kappa shape index (κ2) is 15.8. The van der Waals surface area contributed by atoms with Crippen LogP contribution in [-0.2, 0) is 0 Å². The lowest BCUT2D eigenvalue weighted by Gasteiger charge is -2.26. The Hall–Kier alpha value is -7.39. The fraction of sp³-hybridized carbons (Fsp3) is 0.0417. The van der Waals surface area contributed by atoms with Gasteiger partial charge in [0.2, 0.25) is 0 Å². The van der Waals surface area contributed by atoms with Crippen molar-refractivity contribution in [2.24, 2.45) is 0 Å². The number of rotatable bonds is 12. The highest BCUT2D eigenvalue weighted by atomic mass is 19.3. The molecular formula is C48H35F3N2O4. The number of phenolic OH excluding ortho intramolecular Hbond substituents is 2. The molecule has 0 aliphatic carbocycles. The largest absolute Gasteiger partial charge is 0.508 e. The average Bonchev–Trinajstić information content (AvgIpc) is 3.23. The van der Waals surface area contributed by atoms with Crippen LogP contribution < -0.4 is 19.3 Å². The molecule has 1 unspecified atom stereocenters. The van der Waals surface area contributed by atoms with E-state index in [9.17, 15) is 23.4 Å². The van der Waals surface area contributed by atoms with E-state index in [1.807, 2.05) is 102 Å². The molecule has 9 heteroatoms. The molecule has 8 aromatic carbocycles. The molecule has 0 spiro atoms. The van der Waals surface area contributed by atoms with Gasteiger partial charge in [-0.1, -0.05) is 72.8 Å². The van der Waals surface area contributed by atoms with Crippen LogP contribution in [0.3, 0.4) is 0 Å². The summed E-state index contributed by atoms with van der Waals surface area (Å²) >= 11 is 0. The summed E-state index contributed by atoms with van der Waals surface area (Å²) in [5.74, 6) is -0.225. The van der Waals surface area contributed by atoms with Gasteiger partial charge >= 0.3 is 12.5 Å². The van der Waals surface area contributed by atoms with Crippen LogP contribution in [0.4, 0.5) is 47.3 Å². The fourth-order valence-electron chi connectivity index (χ4n) is 6.60. The van der Waals surface area contributed by atoms with Gasteiger partial charge in [0.1, 0.15) is 23.0 Å². The molecule has 0 aliphatic rings. The molecule has 2 N–H and O–H groups in total. The van der Waals surface area contributed by atoms with E-state index in [2.05, 4.69) is 29.2 Å². The van der Waals surface area contributed by atoms with E-state index >= 15 is 0 Å². The average molecular weight is 761 g/mol. The minimum Gasteiger partial charge on any atom is -0.508 e. The van der Waals surface area contributed by atoms with E-state index in [4.69, 9.17) is 9.47 Å². The number of hydrogen-bond donors (Lipinski definition) is 2. The standard InChI is InChI=1S/C48H35F3N2O4/c49-47(48(50,51)57-46-28-16-35-15-25-44(55)31-36(35)32-46)56-45-29-23-42(24-30-45)53(38-9-5-2-6-10-38)40-19-13-34(14-20-40)33-11-17-39(18-12-33)52(37-7-3-1-4-8-37)41-21-26-43(54)27-22-41/h1-32,47,54-55H. The predicted octanol–water partition coefficient (Wildman–Crippen LogP) is 13.2. The summed E-state index contributed by atoms with van der Waals surface area (Å²) < 4.78 is 54.5. The predicted molar refractivity (Wildman–Crippen MR) is 220 cm³/mol. The summed E-state index contributed by atoms with van der Waals surface area (Å²) in [5, 5.41) is 20.8. The van der Waals surface area contributed by atoms with E-state index < -0.39 is 12.5 Å². The number of anilines is 6. The fourth-order valence-corrected chi connectivity index (χ4v) is 6.60. The monoisotopic (exact) mass is 760 g/mol. The van der Waals surface area contributed by atoms with Crippen LogP contribution in [0, 0.1) is 0 Å². The van der Waals surface area contributed by atoms with Crippen molar-refractivity contribution >= 4 is 44.9 Å². The third-order valence-corrected chi connectivity index (χ3v) is 9.37. The second-order valence-corrected chi connectivity index (χ2v) is 13.2. The molecule has 6 nitrogen and oxygen atoms in total. The van der Waals surface area contributed by atoms with Crippen LogP contribution in [0.2, 0.25) is 0 Å². The molecule has 57 heavy (non-hydrogen) atoms. The Bertz CT molecular complexity index is 2570. The number of fused-ring (bicyclic) bond motifs is 1. The molecule has 0 saturated carbocycles. The topological polar surface area (TPSA) is 65.4 Å². The quantitative estimate of drug-likeness (QED) is 0.129. The van der Waals surface area contributed by atoms with Crippen molar-refractivity contribution in [2.45, 2.75) is 12.5 Å². The van der Waals surface area contributed by atoms with Crippen LogP contribution in [0.5, 0.6) is 23.0 Å². The first kappa shape index (κ1) is 36.6. The molecule has 0 aliphatic heterocycles. The van der Waals surface area contributed by atoms with Crippen molar-refractivity contribution in [1.82, 2.24) is 0 Å². The van der Waals surface area contributed by atoms with Gasteiger partial charge in [0, 0.05) is 34.1 Å². The molecule has 0 bridgehead atoms. The number of halogens is 3. The Morgan fingerprint density at radius 2 is 0.825 bits per heavy atom. The zero-order valence-corrected chi connectivity index (χ0v) is 30.3. The number of para-hydroxylation sites is 2. The molecule has 0 heterocycles. The lowest BCUT2D eigenvalue weighted by Crippen LogP contribution is -2.40. The van der Waals surface area contributed by atoms with Crippen molar-refractivity contribution in [1.29, 1.82) is 0 Å². The summed E-state index contributed by atoms with van der Waals surface area (Å²) in [4.78, 5) is 4.11. The van der Waals surface area contributed by atoms with Crippen molar-refractivity contribution in [3.05, 3.63) is 194 Å². The number of ether oxygens (including phenoxy) is 2. The van der Waals surface area contributed by atoms with Gasteiger partial charge in [-0.2, -0.15) is 13.2 Å². The molecule has 8 aromatic rings. The molecule has 0 radical (unpaired) electrons. The Morgan fingerprint density at radius 1 is 0.421 bits per heavy atom. The zero-order valence-electron chi connectivity index (χ0n) is 30.3. The van der Waals surface area contributed by atoms with Crippen LogP contribution in [0.25, 0.3) is 21.9 Å². The minimum atomic E-state index is -4.31. The maximum atomic E-state index is 15.0. The Labute approximate surface area is 327 Å². The summed E-state index contributed by atoms with van der Waals surface area (Å²) in [6, 6.07) is 57.9. The van der Waals surface area contributed by atoms with E-state index in [-0.39, 0.29) is 23.0 Å². The molecule has 0 amide bonds. The highest BCUT2D eigenvalue weighted by Gasteiger charge is 2.46. The lowest BCUT2D eigenvalue weighted by atomic mass is 10.0. The minimum absolute atomic E-state index is 0.0363. The third-order valence-electron chi connectivity index (χ3n) is 9.37. The SMILES string of the molecule is Oc1ccc(N(c2ccccc2)c2ccc(-c3ccc(N(c4ccccc4)c4ccc(OC(F)C(F)(F)Oc5ccc6ccc(O)cc6c5)cc4)cc3)cc2)cc1. The molecule has 0 saturated heterocycles. The van der Waals surface area contributed by atoms with Gasteiger partial charge in [0.15, 0.2) is 0 Å². The van der Waals surface area contributed by atoms with Gasteiger partial charge in [-0.3, -0.25) is 0 Å². The van der Waals surface area contributed by atoms with Crippen LogP contribution in [0.15, 0.2) is 194 Å². The number of aromatic hydroxyl groups is 2. The van der Waals surface area contributed by atoms with E-state index in [1.165, 1.54) is 42.5 Å². The second-order valence-electron chi connectivity index (χ2n) is 13.2. The van der Waals surface area contributed by atoms with Crippen LogP contribution >= 0.6 is 0 Å². The van der Waals surface area contributed by atoms with E-state index in [0.717, 1.165) is 39.6 Å². The van der Waals surface area contributed by atoms with Crippen LogP contribution in [-0.4, -0.2) is 22.7 Å². The van der Waals surface area contributed by atoms with Crippen molar-refractivity contribution in [3.8, 4) is 34.1 Å². The number of nitrogens with zero attached hydrogens (tertiary/aromatic N) is 2. The molecule has 1 atom stereocenters. The third kappa shape index (κ3) is 8.18. The van der Waals surface area contributed by atoms with Gasteiger partial charge < -0.3 is 29.5 Å². The smallest absolute Gasteiger partial charge is 0.468 e.